The molecule has 3 rings (SSSR count). The zero-order chi connectivity index (χ0) is 16.3. The zero-order valence-corrected chi connectivity index (χ0v) is 13.2. The van der Waals surface area contributed by atoms with Gasteiger partial charge in [0.2, 0.25) is 0 Å². The fourth-order valence-electron chi connectivity index (χ4n) is 3.18. The number of aromatic nitrogens is 1. The molecule has 120 valence electrons. The third-order valence-corrected chi connectivity index (χ3v) is 4.38. The van der Waals surface area contributed by atoms with Gasteiger partial charge >= 0.3 is 0 Å². The Labute approximate surface area is 135 Å². The second-order valence-corrected chi connectivity index (χ2v) is 5.87. The minimum absolute atomic E-state index is 0.198. The van der Waals surface area contributed by atoms with Crippen molar-refractivity contribution in [2.75, 3.05) is 18.9 Å². The third kappa shape index (κ3) is 3.05. The molecule has 0 aliphatic heterocycles. The smallest absolute Gasteiger partial charge is 0.254 e. The Bertz CT molecular complexity index is 717. The van der Waals surface area contributed by atoms with Crippen molar-refractivity contribution in [3.8, 4) is 0 Å². The minimum Gasteiger partial charge on any atom is -0.383 e. The van der Waals surface area contributed by atoms with Gasteiger partial charge in [0.1, 0.15) is 11.4 Å². The first-order valence-electron chi connectivity index (χ1n) is 7.86. The average molecular weight is 311 g/mol. The lowest BCUT2D eigenvalue weighted by molar-refractivity contribution is 0.0322. The molecule has 0 saturated heterocycles. The molecule has 0 bridgehead atoms. The molecule has 5 heteroatoms. The molecule has 1 aromatic heterocycles. The third-order valence-electron chi connectivity index (χ3n) is 4.38. The molecule has 2 aromatic rings. The predicted octanol–water partition coefficient (Wildman–Crippen LogP) is 2.08. The maximum absolute atomic E-state index is 11.9. The molecule has 5 nitrogen and oxygen atoms in total. The Kier molecular flexibility index (Phi) is 4.30. The van der Waals surface area contributed by atoms with E-state index in [0.29, 0.717) is 24.3 Å². The second-order valence-electron chi connectivity index (χ2n) is 5.87. The topological polar surface area (TPSA) is 74.2 Å². The van der Waals surface area contributed by atoms with Crippen LogP contribution in [0.3, 0.4) is 0 Å². The average Bonchev–Trinajstić information content (AvgIpc) is 2.60. The van der Waals surface area contributed by atoms with Gasteiger partial charge in [-0.25, -0.2) is 4.98 Å². The van der Waals surface area contributed by atoms with Crippen LogP contribution in [-0.4, -0.2) is 29.6 Å². The van der Waals surface area contributed by atoms with Gasteiger partial charge in [-0.2, -0.15) is 0 Å². The number of carbonyl (C=O) groups is 1. The zero-order valence-electron chi connectivity index (χ0n) is 13.2. The summed E-state index contributed by atoms with van der Waals surface area (Å²) in [6.45, 7) is 0.324. The standard InChI is InChI=1S/C18H21N3O2/c1-19-17(22)14-8-5-11-20-16(14)21-12-18(23)10-4-7-13-6-2-3-9-15(13)18/h2-3,5-6,8-9,11,23H,4,7,10,12H2,1H3,(H,19,22)(H,20,21). The van der Waals surface area contributed by atoms with E-state index < -0.39 is 5.60 Å². The Balaban J connectivity index is 1.83. The number of nitrogens with zero attached hydrogens (tertiary/aromatic N) is 1. The number of aliphatic hydroxyl groups is 1. The normalized spacial score (nSPS) is 19.7. The molecule has 1 unspecified atom stereocenters. The number of aryl methyl sites for hydroxylation is 1. The van der Waals surface area contributed by atoms with Gasteiger partial charge in [-0.15, -0.1) is 0 Å². The Morgan fingerprint density at radius 2 is 2.13 bits per heavy atom. The molecule has 1 aliphatic rings. The predicted molar refractivity (Wildman–Crippen MR) is 89.4 cm³/mol. The van der Waals surface area contributed by atoms with Crippen molar-refractivity contribution in [2.45, 2.75) is 24.9 Å². The first kappa shape index (κ1) is 15.5. The first-order valence-corrected chi connectivity index (χ1v) is 7.86. The highest BCUT2D eigenvalue weighted by molar-refractivity contribution is 5.98. The van der Waals surface area contributed by atoms with Gasteiger partial charge in [-0.1, -0.05) is 24.3 Å². The number of carbonyl (C=O) groups excluding carboxylic acids is 1. The van der Waals surface area contributed by atoms with Crippen LogP contribution in [-0.2, 0) is 12.0 Å². The van der Waals surface area contributed by atoms with Crippen molar-refractivity contribution in [3.63, 3.8) is 0 Å². The number of benzene rings is 1. The molecule has 0 saturated carbocycles. The molecule has 1 heterocycles. The number of rotatable bonds is 4. The van der Waals surface area contributed by atoms with Crippen LogP contribution in [0.5, 0.6) is 0 Å². The number of amides is 1. The second kappa shape index (κ2) is 6.38. The number of anilines is 1. The van der Waals surface area contributed by atoms with E-state index in [2.05, 4.69) is 21.7 Å². The molecular weight excluding hydrogens is 290 g/mol. The summed E-state index contributed by atoms with van der Waals surface area (Å²) in [5.41, 5.74) is 1.70. The Morgan fingerprint density at radius 3 is 2.96 bits per heavy atom. The van der Waals surface area contributed by atoms with E-state index in [1.807, 2.05) is 18.2 Å². The van der Waals surface area contributed by atoms with Crippen LogP contribution in [0.2, 0.25) is 0 Å². The van der Waals surface area contributed by atoms with Gasteiger partial charge in [0.25, 0.3) is 5.91 Å². The highest BCUT2D eigenvalue weighted by Crippen LogP contribution is 2.35. The van der Waals surface area contributed by atoms with Crippen molar-refractivity contribution in [1.29, 1.82) is 0 Å². The SMILES string of the molecule is CNC(=O)c1cccnc1NCC1(O)CCCc2ccccc21. The van der Waals surface area contributed by atoms with E-state index in [4.69, 9.17) is 0 Å². The largest absolute Gasteiger partial charge is 0.383 e. The van der Waals surface area contributed by atoms with E-state index >= 15 is 0 Å². The number of hydrogen-bond acceptors (Lipinski definition) is 4. The Morgan fingerprint density at radius 1 is 1.30 bits per heavy atom. The molecule has 23 heavy (non-hydrogen) atoms. The van der Waals surface area contributed by atoms with Crippen LogP contribution >= 0.6 is 0 Å². The van der Waals surface area contributed by atoms with Crippen LogP contribution in [0, 0.1) is 0 Å². The lowest BCUT2D eigenvalue weighted by Crippen LogP contribution is -2.38. The van der Waals surface area contributed by atoms with Gasteiger partial charge in [-0.05, 0) is 42.5 Å². The summed E-state index contributed by atoms with van der Waals surface area (Å²) in [5.74, 6) is 0.292. The van der Waals surface area contributed by atoms with Crippen molar-refractivity contribution in [3.05, 3.63) is 59.3 Å². The highest BCUT2D eigenvalue weighted by atomic mass is 16.3. The van der Waals surface area contributed by atoms with Crippen molar-refractivity contribution in [2.24, 2.45) is 0 Å². The molecule has 0 spiro atoms. The molecule has 0 radical (unpaired) electrons. The lowest BCUT2D eigenvalue weighted by atomic mass is 9.79. The molecular formula is C18H21N3O2. The Hall–Kier alpha value is -2.40. The van der Waals surface area contributed by atoms with Crippen molar-refractivity contribution >= 4 is 11.7 Å². The summed E-state index contributed by atoms with van der Waals surface area (Å²) in [7, 11) is 1.59. The molecule has 1 aromatic carbocycles. The van der Waals surface area contributed by atoms with Crippen LogP contribution in [0.4, 0.5) is 5.82 Å². The van der Waals surface area contributed by atoms with Crippen LogP contribution < -0.4 is 10.6 Å². The summed E-state index contributed by atoms with van der Waals surface area (Å²) in [6.07, 6.45) is 4.26. The lowest BCUT2D eigenvalue weighted by Gasteiger charge is -2.35. The van der Waals surface area contributed by atoms with E-state index in [0.717, 1.165) is 18.4 Å². The first-order chi connectivity index (χ1) is 11.1. The van der Waals surface area contributed by atoms with E-state index in [1.54, 1.807) is 25.4 Å². The molecule has 1 atom stereocenters. The molecule has 1 amide bonds. The van der Waals surface area contributed by atoms with E-state index in [1.165, 1.54) is 5.56 Å². The highest BCUT2D eigenvalue weighted by Gasteiger charge is 2.34. The maximum Gasteiger partial charge on any atom is 0.254 e. The fraction of sp³-hybridized carbons (Fsp3) is 0.333. The number of nitrogens with one attached hydrogen (secondary N) is 2. The van der Waals surface area contributed by atoms with Gasteiger partial charge in [0, 0.05) is 19.8 Å². The summed E-state index contributed by atoms with van der Waals surface area (Å²) in [6, 6.07) is 11.4. The summed E-state index contributed by atoms with van der Waals surface area (Å²) in [4.78, 5) is 16.1. The van der Waals surface area contributed by atoms with E-state index in [9.17, 15) is 9.90 Å². The van der Waals surface area contributed by atoms with Crippen LogP contribution in [0.1, 0.15) is 34.3 Å². The number of hydrogen-bond donors (Lipinski definition) is 3. The summed E-state index contributed by atoms with van der Waals surface area (Å²) in [5, 5.41) is 16.8. The van der Waals surface area contributed by atoms with Crippen LogP contribution in [0.25, 0.3) is 0 Å². The summed E-state index contributed by atoms with van der Waals surface area (Å²) < 4.78 is 0. The van der Waals surface area contributed by atoms with Gasteiger partial charge < -0.3 is 15.7 Å². The number of fused-ring (bicyclic) bond motifs is 1. The van der Waals surface area contributed by atoms with Gasteiger partial charge in [-0.3, -0.25) is 4.79 Å². The molecule has 0 fully saturated rings. The molecule has 3 N–H and O–H groups in total. The van der Waals surface area contributed by atoms with Crippen LogP contribution in [0.15, 0.2) is 42.6 Å². The van der Waals surface area contributed by atoms with Crippen molar-refractivity contribution in [1.82, 2.24) is 10.3 Å². The number of pyridine rings is 1. The van der Waals surface area contributed by atoms with Gasteiger partial charge in [0.05, 0.1) is 5.56 Å². The maximum atomic E-state index is 11.9. The van der Waals surface area contributed by atoms with Crippen molar-refractivity contribution < 1.29 is 9.90 Å². The molecule has 1 aliphatic carbocycles. The summed E-state index contributed by atoms with van der Waals surface area (Å²) >= 11 is 0. The van der Waals surface area contributed by atoms with Gasteiger partial charge in [0.15, 0.2) is 0 Å². The van der Waals surface area contributed by atoms with E-state index in [-0.39, 0.29) is 5.91 Å². The monoisotopic (exact) mass is 311 g/mol. The fourth-order valence-corrected chi connectivity index (χ4v) is 3.18. The minimum atomic E-state index is -0.938. The quantitative estimate of drug-likeness (QED) is 0.808.